The van der Waals surface area contributed by atoms with E-state index in [1.165, 1.54) is 10.9 Å². The van der Waals surface area contributed by atoms with Gasteiger partial charge < -0.3 is 0 Å². The first-order valence-electron chi connectivity index (χ1n) is 7.05. The molecule has 0 N–H and O–H groups in total. The lowest BCUT2D eigenvalue weighted by Crippen LogP contribution is -2.03. The first-order valence-corrected chi connectivity index (χ1v) is 7.05. The second kappa shape index (κ2) is 4.95. The molecule has 0 saturated heterocycles. The molecule has 0 aliphatic heterocycles. The molecule has 0 radical (unpaired) electrons. The molecule has 4 rings (SSSR count). The number of nitrogens with zero attached hydrogens (tertiary/aromatic N) is 4. The lowest BCUT2D eigenvalue weighted by atomic mass is 10.0. The van der Waals surface area contributed by atoms with Gasteiger partial charge in [0.05, 0.1) is 5.69 Å². The maximum atomic E-state index is 13.8. The highest BCUT2D eigenvalue weighted by Gasteiger charge is 2.18. The van der Waals surface area contributed by atoms with E-state index in [-0.39, 0.29) is 11.5 Å². The van der Waals surface area contributed by atoms with Crippen molar-refractivity contribution < 1.29 is 9.18 Å². The topological polar surface area (TPSA) is 60.7 Å². The van der Waals surface area contributed by atoms with Crippen molar-refractivity contribution >= 4 is 11.9 Å². The van der Waals surface area contributed by atoms with Gasteiger partial charge in [-0.05, 0) is 42.8 Å². The molecule has 0 unspecified atom stereocenters. The largest absolute Gasteiger partial charge is 0.289 e. The van der Waals surface area contributed by atoms with E-state index in [1.54, 1.807) is 30.4 Å². The lowest BCUT2D eigenvalue weighted by Gasteiger charge is -2.05. The van der Waals surface area contributed by atoms with Gasteiger partial charge in [0, 0.05) is 17.3 Å². The van der Waals surface area contributed by atoms with Crippen LogP contribution in [0.2, 0.25) is 0 Å². The van der Waals surface area contributed by atoms with E-state index < -0.39 is 5.95 Å². The van der Waals surface area contributed by atoms with Crippen molar-refractivity contribution in [2.24, 2.45) is 0 Å². The Kier molecular flexibility index (Phi) is 2.90. The molecule has 1 aliphatic carbocycles. The summed E-state index contributed by atoms with van der Waals surface area (Å²) in [5.41, 5.74) is 3.95. The van der Waals surface area contributed by atoms with Crippen LogP contribution in [0.25, 0.3) is 23.0 Å². The summed E-state index contributed by atoms with van der Waals surface area (Å²) in [6.45, 7) is 1.82. The molecular formula is C17H11FN4O. The van der Waals surface area contributed by atoms with Crippen molar-refractivity contribution in [2.45, 2.75) is 6.92 Å². The highest BCUT2D eigenvalue weighted by atomic mass is 19.1. The quantitative estimate of drug-likeness (QED) is 0.683. The Balaban J connectivity index is 1.82. The van der Waals surface area contributed by atoms with E-state index >= 15 is 0 Å². The summed E-state index contributed by atoms with van der Waals surface area (Å²) < 4.78 is 15.3. The lowest BCUT2D eigenvalue weighted by molar-refractivity contribution is 0.105. The average molecular weight is 306 g/mol. The number of hydrogen-bond donors (Lipinski definition) is 0. The molecule has 2 aromatic heterocycles. The molecule has 0 saturated carbocycles. The molecule has 3 aromatic rings. The predicted octanol–water partition coefficient (Wildman–Crippen LogP) is 2.99. The number of pyridine rings is 1. The van der Waals surface area contributed by atoms with E-state index in [4.69, 9.17) is 0 Å². The molecule has 0 amide bonds. The van der Waals surface area contributed by atoms with E-state index in [9.17, 15) is 9.18 Å². The first kappa shape index (κ1) is 13.5. The van der Waals surface area contributed by atoms with E-state index in [1.807, 2.05) is 19.1 Å². The van der Waals surface area contributed by atoms with Crippen molar-refractivity contribution in [2.75, 3.05) is 0 Å². The minimum atomic E-state index is -0.602. The minimum absolute atomic E-state index is 0.00403. The molecule has 0 fully saturated rings. The maximum Gasteiger partial charge on any atom is 0.238 e. The van der Waals surface area contributed by atoms with Crippen LogP contribution in [0, 0.1) is 12.9 Å². The summed E-state index contributed by atoms with van der Waals surface area (Å²) in [6.07, 6.45) is 4.71. The SMILES string of the molecule is Cc1c(-c2ccc3c(c2)C=CC3=O)nnn1-c1cccnc1F. The standard InChI is InChI=1S/C17H11FN4O/c1-10-16(12-4-6-13-11(9-12)5-7-15(13)23)20-21-22(10)14-3-2-8-19-17(14)18/h2-9H,1H3. The third-order valence-corrected chi connectivity index (χ3v) is 3.87. The van der Waals surface area contributed by atoms with Crippen molar-refractivity contribution in [3.8, 4) is 16.9 Å². The number of carbonyl (C=O) groups is 1. The molecule has 112 valence electrons. The van der Waals surface area contributed by atoms with Crippen LogP contribution in [-0.2, 0) is 0 Å². The third-order valence-electron chi connectivity index (χ3n) is 3.87. The molecule has 0 spiro atoms. The maximum absolute atomic E-state index is 13.8. The molecule has 23 heavy (non-hydrogen) atoms. The highest BCUT2D eigenvalue weighted by molar-refractivity contribution is 6.14. The van der Waals surface area contributed by atoms with E-state index in [0.29, 0.717) is 17.0 Å². The van der Waals surface area contributed by atoms with Crippen LogP contribution in [0.5, 0.6) is 0 Å². The zero-order valence-electron chi connectivity index (χ0n) is 12.2. The molecule has 6 heteroatoms. The van der Waals surface area contributed by atoms with Crippen LogP contribution in [0.1, 0.15) is 21.6 Å². The Morgan fingerprint density at radius 2 is 2.04 bits per heavy atom. The van der Waals surface area contributed by atoms with Crippen LogP contribution >= 0.6 is 0 Å². The fourth-order valence-electron chi connectivity index (χ4n) is 2.69. The molecule has 2 heterocycles. The average Bonchev–Trinajstić information content (AvgIpc) is 3.11. The normalized spacial score (nSPS) is 12.7. The van der Waals surface area contributed by atoms with Gasteiger partial charge in [-0.15, -0.1) is 5.10 Å². The van der Waals surface area contributed by atoms with Gasteiger partial charge in [0.2, 0.25) is 5.95 Å². The zero-order valence-corrected chi connectivity index (χ0v) is 12.2. The van der Waals surface area contributed by atoms with Crippen LogP contribution in [-0.4, -0.2) is 25.8 Å². The van der Waals surface area contributed by atoms with Crippen molar-refractivity contribution in [3.63, 3.8) is 0 Å². The molecule has 5 nitrogen and oxygen atoms in total. The summed E-state index contributed by atoms with van der Waals surface area (Å²) >= 11 is 0. The number of hydrogen-bond acceptors (Lipinski definition) is 4. The number of fused-ring (bicyclic) bond motifs is 1. The Labute approximate surface area is 131 Å². The van der Waals surface area contributed by atoms with Crippen molar-refractivity contribution in [1.82, 2.24) is 20.0 Å². The fraction of sp³-hybridized carbons (Fsp3) is 0.0588. The summed E-state index contributed by atoms with van der Waals surface area (Å²) in [6, 6.07) is 8.72. The Bertz CT molecular complexity index is 974. The Morgan fingerprint density at radius 3 is 2.87 bits per heavy atom. The van der Waals surface area contributed by atoms with Crippen LogP contribution < -0.4 is 0 Å². The fourth-order valence-corrected chi connectivity index (χ4v) is 2.69. The van der Waals surface area contributed by atoms with Gasteiger partial charge in [-0.1, -0.05) is 17.4 Å². The summed E-state index contributed by atoms with van der Waals surface area (Å²) in [4.78, 5) is 15.3. The van der Waals surface area contributed by atoms with E-state index in [2.05, 4.69) is 15.3 Å². The number of aromatic nitrogens is 4. The number of ketones is 1. The predicted molar refractivity (Wildman–Crippen MR) is 82.6 cm³/mol. The number of allylic oxidation sites excluding steroid dienone is 1. The van der Waals surface area contributed by atoms with Gasteiger partial charge in [0.25, 0.3) is 0 Å². The second-order valence-electron chi connectivity index (χ2n) is 5.25. The van der Waals surface area contributed by atoms with Crippen molar-refractivity contribution in [1.29, 1.82) is 0 Å². The molecule has 1 aromatic carbocycles. The van der Waals surface area contributed by atoms with Gasteiger partial charge in [-0.3, -0.25) is 4.79 Å². The van der Waals surface area contributed by atoms with Crippen LogP contribution in [0.15, 0.2) is 42.6 Å². The number of carbonyl (C=O) groups excluding carboxylic acids is 1. The zero-order chi connectivity index (χ0) is 16.0. The summed E-state index contributed by atoms with van der Waals surface area (Å²) in [5, 5.41) is 8.19. The molecular weight excluding hydrogens is 295 g/mol. The van der Waals surface area contributed by atoms with Crippen LogP contribution in [0.4, 0.5) is 4.39 Å². The van der Waals surface area contributed by atoms with Crippen molar-refractivity contribution in [3.05, 3.63) is 65.4 Å². The van der Waals surface area contributed by atoms with Gasteiger partial charge in [-0.2, -0.15) is 4.39 Å². The van der Waals surface area contributed by atoms with Gasteiger partial charge in [0.15, 0.2) is 5.78 Å². The minimum Gasteiger partial charge on any atom is -0.289 e. The number of rotatable bonds is 2. The Morgan fingerprint density at radius 1 is 1.17 bits per heavy atom. The molecule has 1 aliphatic rings. The van der Waals surface area contributed by atoms with Crippen LogP contribution in [0.3, 0.4) is 0 Å². The van der Waals surface area contributed by atoms with Gasteiger partial charge in [0.1, 0.15) is 11.4 Å². The number of halogens is 1. The Hall–Kier alpha value is -3.15. The smallest absolute Gasteiger partial charge is 0.238 e. The second-order valence-corrected chi connectivity index (χ2v) is 5.25. The first-order chi connectivity index (χ1) is 11.1. The molecule has 0 bridgehead atoms. The number of benzene rings is 1. The monoisotopic (exact) mass is 306 g/mol. The molecule has 0 atom stereocenters. The van der Waals surface area contributed by atoms with Gasteiger partial charge in [-0.25, -0.2) is 9.67 Å². The van der Waals surface area contributed by atoms with Gasteiger partial charge >= 0.3 is 0 Å². The summed E-state index contributed by atoms with van der Waals surface area (Å²) in [5.74, 6) is -0.598. The van der Waals surface area contributed by atoms with E-state index in [0.717, 1.165) is 11.1 Å². The third kappa shape index (κ3) is 2.07. The summed E-state index contributed by atoms with van der Waals surface area (Å²) in [7, 11) is 0. The highest BCUT2D eigenvalue weighted by Crippen LogP contribution is 2.28.